The molecule has 0 aliphatic rings. The van der Waals surface area contributed by atoms with Crippen molar-refractivity contribution < 1.29 is 17.7 Å². The summed E-state index contributed by atoms with van der Waals surface area (Å²) in [5.74, 6) is 0.676. The standard InChI is InChI=1S/C17H15N3O4S/c1-11(21)13-6-8-16(9-7-13)25(22,23)20-15-5-3-4-14(10-15)17-18-12(2)19-24-17/h3-10,20H,1-2H3. The van der Waals surface area contributed by atoms with Crippen LogP contribution in [0.4, 0.5) is 5.69 Å². The first kappa shape index (κ1) is 16.8. The average molecular weight is 357 g/mol. The second-order valence-electron chi connectivity index (χ2n) is 5.41. The zero-order chi connectivity index (χ0) is 18.0. The Bertz CT molecular complexity index is 1020. The fraction of sp³-hybridized carbons (Fsp3) is 0.118. The lowest BCUT2D eigenvalue weighted by atomic mass is 10.2. The number of ketones is 1. The Hall–Kier alpha value is -3.00. The minimum atomic E-state index is -3.78. The Labute approximate surface area is 144 Å². The lowest BCUT2D eigenvalue weighted by Gasteiger charge is -2.09. The number of Topliss-reactive ketones (excluding diaryl/α,β-unsaturated/α-hetero) is 1. The van der Waals surface area contributed by atoms with Crippen LogP contribution in [0.15, 0.2) is 57.9 Å². The minimum absolute atomic E-state index is 0.0662. The third-order valence-electron chi connectivity index (χ3n) is 3.46. The zero-order valence-electron chi connectivity index (χ0n) is 13.6. The van der Waals surface area contributed by atoms with E-state index in [0.29, 0.717) is 28.5 Å². The molecule has 8 heteroatoms. The number of aryl methyl sites for hydroxylation is 1. The van der Waals surface area contributed by atoms with E-state index < -0.39 is 10.0 Å². The molecule has 0 fully saturated rings. The molecule has 3 rings (SSSR count). The maximum atomic E-state index is 12.5. The summed E-state index contributed by atoms with van der Waals surface area (Å²) in [5.41, 5.74) is 1.42. The lowest BCUT2D eigenvalue weighted by molar-refractivity contribution is 0.101. The molecule has 0 saturated heterocycles. The molecule has 0 aliphatic heterocycles. The number of rotatable bonds is 5. The van der Waals surface area contributed by atoms with Crippen molar-refractivity contribution in [3.63, 3.8) is 0 Å². The van der Waals surface area contributed by atoms with E-state index in [-0.39, 0.29) is 10.7 Å². The molecule has 1 heterocycles. The van der Waals surface area contributed by atoms with E-state index in [1.54, 1.807) is 31.2 Å². The van der Waals surface area contributed by atoms with Crippen LogP contribution in [-0.4, -0.2) is 24.3 Å². The molecule has 0 bridgehead atoms. The number of aromatic nitrogens is 2. The Kier molecular flexibility index (Phi) is 4.37. The van der Waals surface area contributed by atoms with Crippen molar-refractivity contribution in [1.29, 1.82) is 0 Å². The largest absolute Gasteiger partial charge is 0.334 e. The topological polar surface area (TPSA) is 102 Å². The highest BCUT2D eigenvalue weighted by Gasteiger charge is 2.15. The summed E-state index contributed by atoms with van der Waals surface area (Å²) < 4.78 is 32.6. The van der Waals surface area contributed by atoms with Crippen molar-refractivity contribution in [3.05, 3.63) is 59.9 Å². The second kappa shape index (κ2) is 6.48. The molecular formula is C17H15N3O4S. The van der Waals surface area contributed by atoms with Crippen LogP contribution < -0.4 is 4.72 Å². The first-order valence-corrected chi connectivity index (χ1v) is 8.88. The van der Waals surface area contributed by atoms with Crippen LogP contribution in [0.1, 0.15) is 23.1 Å². The van der Waals surface area contributed by atoms with E-state index in [0.717, 1.165) is 0 Å². The summed E-state index contributed by atoms with van der Waals surface area (Å²) in [7, 11) is -3.78. The molecule has 0 atom stereocenters. The van der Waals surface area contributed by atoms with Gasteiger partial charge in [0.15, 0.2) is 11.6 Å². The van der Waals surface area contributed by atoms with Crippen molar-refractivity contribution in [1.82, 2.24) is 10.1 Å². The molecule has 0 saturated carbocycles. The highest BCUT2D eigenvalue weighted by Crippen LogP contribution is 2.23. The highest BCUT2D eigenvalue weighted by molar-refractivity contribution is 7.92. The smallest absolute Gasteiger partial charge is 0.261 e. The van der Waals surface area contributed by atoms with E-state index in [2.05, 4.69) is 14.9 Å². The minimum Gasteiger partial charge on any atom is -0.334 e. The SMILES string of the molecule is CC(=O)c1ccc(S(=O)(=O)Nc2cccc(-c3nc(C)no3)c2)cc1. The van der Waals surface area contributed by atoms with Gasteiger partial charge in [0.25, 0.3) is 15.9 Å². The van der Waals surface area contributed by atoms with E-state index in [1.807, 2.05) is 0 Å². The molecule has 3 aromatic rings. The zero-order valence-corrected chi connectivity index (χ0v) is 14.4. The van der Waals surface area contributed by atoms with Crippen molar-refractivity contribution in [3.8, 4) is 11.5 Å². The maximum Gasteiger partial charge on any atom is 0.261 e. The molecular weight excluding hydrogens is 342 g/mol. The van der Waals surface area contributed by atoms with Gasteiger partial charge in [0.1, 0.15) is 0 Å². The van der Waals surface area contributed by atoms with E-state index in [4.69, 9.17) is 4.52 Å². The third-order valence-corrected chi connectivity index (χ3v) is 4.86. The van der Waals surface area contributed by atoms with Crippen LogP contribution in [0.25, 0.3) is 11.5 Å². The van der Waals surface area contributed by atoms with Gasteiger partial charge in [-0.1, -0.05) is 23.4 Å². The van der Waals surface area contributed by atoms with Crippen LogP contribution >= 0.6 is 0 Å². The lowest BCUT2D eigenvalue weighted by Crippen LogP contribution is -2.13. The van der Waals surface area contributed by atoms with Crippen molar-refractivity contribution in [2.75, 3.05) is 4.72 Å². The number of hydrogen-bond donors (Lipinski definition) is 1. The molecule has 2 aromatic carbocycles. The summed E-state index contributed by atoms with van der Waals surface area (Å²) in [5, 5.41) is 3.71. The summed E-state index contributed by atoms with van der Waals surface area (Å²) in [4.78, 5) is 15.5. The first-order valence-electron chi connectivity index (χ1n) is 7.40. The van der Waals surface area contributed by atoms with Gasteiger partial charge in [-0.25, -0.2) is 8.42 Å². The second-order valence-corrected chi connectivity index (χ2v) is 7.10. The molecule has 1 N–H and O–H groups in total. The van der Waals surface area contributed by atoms with Gasteiger partial charge in [-0.3, -0.25) is 9.52 Å². The van der Waals surface area contributed by atoms with Crippen molar-refractivity contribution >= 4 is 21.5 Å². The number of hydrogen-bond acceptors (Lipinski definition) is 6. The van der Waals surface area contributed by atoms with Gasteiger partial charge in [0.2, 0.25) is 0 Å². The molecule has 7 nitrogen and oxygen atoms in total. The number of anilines is 1. The first-order chi connectivity index (χ1) is 11.8. The summed E-state index contributed by atoms with van der Waals surface area (Å²) in [6, 6.07) is 12.4. The van der Waals surface area contributed by atoms with Crippen LogP contribution in [0.2, 0.25) is 0 Å². The van der Waals surface area contributed by atoms with Gasteiger partial charge in [0.05, 0.1) is 4.90 Å². The highest BCUT2D eigenvalue weighted by atomic mass is 32.2. The van der Waals surface area contributed by atoms with Crippen molar-refractivity contribution in [2.45, 2.75) is 18.7 Å². The van der Waals surface area contributed by atoms with E-state index in [1.165, 1.54) is 31.2 Å². The number of carbonyl (C=O) groups is 1. The number of nitrogens with one attached hydrogen (secondary N) is 1. The summed E-state index contributed by atoms with van der Waals surface area (Å²) in [6.07, 6.45) is 0. The molecule has 128 valence electrons. The monoisotopic (exact) mass is 357 g/mol. The molecule has 0 amide bonds. The number of carbonyl (C=O) groups excluding carboxylic acids is 1. The quantitative estimate of drug-likeness (QED) is 0.704. The fourth-order valence-corrected chi connectivity index (χ4v) is 3.26. The number of nitrogens with zero attached hydrogens (tertiary/aromatic N) is 2. The maximum absolute atomic E-state index is 12.5. The average Bonchev–Trinajstić information content (AvgIpc) is 3.01. The molecule has 0 aliphatic carbocycles. The van der Waals surface area contributed by atoms with E-state index in [9.17, 15) is 13.2 Å². The summed E-state index contributed by atoms with van der Waals surface area (Å²) >= 11 is 0. The van der Waals surface area contributed by atoms with Crippen LogP contribution in [0.5, 0.6) is 0 Å². The third kappa shape index (κ3) is 3.74. The van der Waals surface area contributed by atoms with Crippen LogP contribution in [0.3, 0.4) is 0 Å². The predicted molar refractivity (Wildman–Crippen MR) is 91.7 cm³/mol. The van der Waals surface area contributed by atoms with Gasteiger partial charge in [-0.15, -0.1) is 0 Å². The Morgan fingerprint density at radius 3 is 2.44 bits per heavy atom. The van der Waals surface area contributed by atoms with Gasteiger partial charge in [0, 0.05) is 16.8 Å². The van der Waals surface area contributed by atoms with Gasteiger partial charge in [-0.05, 0) is 44.2 Å². The van der Waals surface area contributed by atoms with Crippen LogP contribution in [-0.2, 0) is 10.0 Å². The molecule has 1 aromatic heterocycles. The van der Waals surface area contributed by atoms with Gasteiger partial charge >= 0.3 is 0 Å². The molecule has 0 radical (unpaired) electrons. The fourth-order valence-electron chi connectivity index (χ4n) is 2.21. The molecule has 0 spiro atoms. The predicted octanol–water partition coefficient (Wildman–Crippen LogP) is 3.05. The van der Waals surface area contributed by atoms with Crippen molar-refractivity contribution in [2.24, 2.45) is 0 Å². The summed E-state index contributed by atoms with van der Waals surface area (Å²) in [6.45, 7) is 3.12. The Morgan fingerprint density at radius 1 is 1.12 bits per heavy atom. The van der Waals surface area contributed by atoms with Crippen LogP contribution in [0, 0.1) is 6.92 Å². The Balaban J connectivity index is 1.87. The molecule has 25 heavy (non-hydrogen) atoms. The van der Waals surface area contributed by atoms with E-state index >= 15 is 0 Å². The van der Waals surface area contributed by atoms with Gasteiger partial charge in [-0.2, -0.15) is 4.98 Å². The van der Waals surface area contributed by atoms with Gasteiger partial charge < -0.3 is 4.52 Å². The normalized spacial score (nSPS) is 11.3. The number of sulfonamides is 1. The molecule has 0 unspecified atom stereocenters. The Morgan fingerprint density at radius 2 is 1.84 bits per heavy atom. The number of benzene rings is 2.